The highest BCUT2D eigenvalue weighted by Crippen LogP contribution is 2.19. The Morgan fingerprint density at radius 2 is 1.82 bits per heavy atom. The number of benzene rings is 2. The van der Waals surface area contributed by atoms with Crippen LogP contribution in [0.4, 0.5) is 5.69 Å². The van der Waals surface area contributed by atoms with E-state index in [0.717, 1.165) is 22.6 Å². The van der Waals surface area contributed by atoms with E-state index < -0.39 is 0 Å². The van der Waals surface area contributed by atoms with Crippen LogP contribution in [0.3, 0.4) is 0 Å². The van der Waals surface area contributed by atoms with Gasteiger partial charge in [-0.05, 0) is 42.5 Å². The number of nitrogens with zero attached hydrogens (tertiary/aromatic N) is 1. The van der Waals surface area contributed by atoms with E-state index in [0.29, 0.717) is 0 Å². The average molecular weight is 291 g/mol. The molecule has 0 saturated heterocycles. The summed E-state index contributed by atoms with van der Waals surface area (Å²) in [4.78, 5) is 13.3. The molecule has 110 valence electrons. The molecule has 0 N–H and O–H groups in total. The predicted molar refractivity (Wildman–Crippen MR) is 89.0 cm³/mol. The van der Waals surface area contributed by atoms with Crippen LogP contribution < -0.4 is 9.64 Å². The van der Waals surface area contributed by atoms with Crippen molar-refractivity contribution < 1.29 is 9.53 Å². The van der Waals surface area contributed by atoms with Gasteiger partial charge >= 0.3 is 0 Å². The number of amides is 1. The smallest absolute Gasteiger partial charge is 0.250 e. The van der Waals surface area contributed by atoms with Crippen molar-refractivity contribution in [1.82, 2.24) is 0 Å². The first-order valence-electron chi connectivity index (χ1n) is 6.81. The molecule has 0 aromatic heterocycles. The minimum absolute atomic E-state index is 0.168. The molecule has 2 rings (SSSR count). The zero-order chi connectivity index (χ0) is 15.9. The van der Waals surface area contributed by atoms with E-state index in [2.05, 4.69) is 18.4 Å². The average Bonchev–Trinajstić information content (AvgIpc) is 2.59. The Morgan fingerprint density at radius 1 is 1.14 bits per heavy atom. The second-order valence-corrected chi connectivity index (χ2v) is 4.60. The van der Waals surface area contributed by atoms with E-state index in [1.54, 1.807) is 14.2 Å². The molecule has 1 amide bonds. The fraction of sp³-hybridized carbons (Fsp3) is 0.105. The molecule has 0 spiro atoms. The topological polar surface area (TPSA) is 29.5 Å². The van der Waals surface area contributed by atoms with E-state index in [1.807, 2.05) is 48.5 Å². The highest BCUT2D eigenvalue weighted by atomic mass is 16.5. The summed E-state index contributed by atoms with van der Waals surface area (Å²) in [5, 5.41) is 0. The number of rotatable bonds is 3. The van der Waals surface area contributed by atoms with Gasteiger partial charge in [0, 0.05) is 18.2 Å². The van der Waals surface area contributed by atoms with Crippen molar-refractivity contribution in [2.75, 3.05) is 19.1 Å². The lowest BCUT2D eigenvalue weighted by atomic mass is 10.1. The van der Waals surface area contributed by atoms with Crippen LogP contribution in [0.1, 0.15) is 11.1 Å². The van der Waals surface area contributed by atoms with E-state index >= 15 is 0 Å². The standard InChI is InChI=1S/C19H17NO2/c1-4-19(21)20(2)18-8-6-5-7-16(18)12-9-15-10-13-17(22-3)14-11-15/h4-8,10-11,13-14H,1H2,2-3H3. The van der Waals surface area contributed by atoms with Gasteiger partial charge in [0.2, 0.25) is 5.91 Å². The predicted octanol–water partition coefficient (Wildman–Crippen LogP) is 3.24. The summed E-state index contributed by atoms with van der Waals surface area (Å²) >= 11 is 0. The molecule has 0 aliphatic carbocycles. The summed E-state index contributed by atoms with van der Waals surface area (Å²) < 4.78 is 5.12. The van der Waals surface area contributed by atoms with Crippen molar-refractivity contribution in [3.8, 4) is 17.6 Å². The highest BCUT2D eigenvalue weighted by Gasteiger charge is 2.09. The van der Waals surface area contributed by atoms with Crippen molar-refractivity contribution in [2.45, 2.75) is 0 Å². The largest absolute Gasteiger partial charge is 0.497 e. The Labute approximate surface area is 130 Å². The number of para-hydroxylation sites is 1. The fourth-order valence-corrected chi connectivity index (χ4v) is 1.94. The number of hydrogen-bond donors (Lipinski definition) is 0. The van der Waals surface area contributed by atoms with Crippen LogP contribution in [0.5, 0.6) is 5.75 Å². The second-order valence-electron chi connectivity index (χ2n) is 4.60. The van der Waals surface area contributed by atoms with Gasteiger partial charge in [-0.25, -0.2) is 0 Å². The number of carbonyl (C=O) groups is 1. The molecule has 0 aliphatic heterocycles. The van der Waals surface area contributed by atoms with E-state index in [9.17, 15) is 4.79 Å². The Kier molecular flexibility index (Phi) is 5.00. The van der Waals surface area contributed by atoms with Crippen LogP contribution in [0.15, 0.2) is 61.2 Å². The molecule has 0 unspecified atom stereocenters. The van der Waals surface area contributed by atoms with Gasteiger partial charge in [-0.1, -0.05) is 30.6 Å². The number of likely N-dealkylation sites (N-methyl/N-ethyl adjacent to an activating group) is 1. The molecule has 3 heteroatoms. The van der Waals surface area contributed by atoms with Crippen molar-refractivity contribution in [2.24, 2.45) is 0 Å². The lowest BCUT2D eigenvalue weighted by Gasteiger charge is -2.16. The van der Waals surface area contributed by atoms with Crippen molar-refractivity contribution in [3.63, 3.8) is 0 Å². The summed E-state index contributed by atoms with van der Waals surface area (Å²) in [6.45, 7) is 3.51. The third-order valence-corrected chi connectivity index (χ3v) is 3.20. The third-order valence-electron chi connectivity index (χ3n) is 3.20. The number of carbonyl (C=O) groups excluding carboxylic acids is 1. The van der Waals surface area contributed by atoms with Crippen molar-refractivity contribution in [3.05, 3.63) is 72.3 Å². The van der Waals surface area contributed by atoms with Gasteiger partial charge in [0.15, 0.2) is 0 Å². The first-order chi connectivity index (χ1) is 10.7. The van der Waals surface area contributed by atoms with E-state index in [1.165, 1.54) is 11.0 Å². The molecule has 2 aromatic carbocycles. The summed E-state index contributed by atoms with van der Waals surface area (Å²) in [5.74, 6) is 6.83. The van der Waals surface area contributed by atoms with Gasteiger partial charge in [-0.2, -0.15) is 0 Å². The number of ether oxygens (including phenoxy) is 1. The Bertz CT molecular complexity index is 736. The normalized spacial score (nSPS) is 9.36. The first kappa shape index (κ1) is 15.4. The lowest BCUT2D eigenvalue weighted by molar-refractivity contribution is -0.113. The van der Waals surface area contributed by atoms with E-state index in [4.69, 9.17) is 4.74 Å². The van der Waals surface area contributed by atoms with Gasteiger partial charge in [-0.3, -0.25) is 4.79 Å². The lowest BCUT2D eigenvalue weighted by Crippen LogP contribution is -2.24. The second kappa shape index (κ2) is 7.14. The van der Waals surface area contributed by atoms with Gasteiger partial charge in [-0.15, -0.1) is 0 Å². The highest BCUT2D eigenvalue weighted by molar-refractivity contribution is 6.01. The molecule has 0 heterocycles. The monoisotopic (exact) mass is 291 g/mol. The zero-order valence-electron chi connectivity index (χ0n) is 12.7. The number of anilines is 1. The van der Waals surface area contributed by atoms with Crippen molar-refractivity contribution in [1.29, 1.82) is 0 Å². The Balaban J connectivity index is 2.32. The molecule has 0 radical (unpaired) electrons. The van der Waals surface area contributed by atoms with E-state index in [-0.39, 0.29) is 5.91 Å². The summed E-state index contributed by atoms with van der Waals surface area (Å²) in [7, 11) is 3.33. The molecule has 2 aromatic rings. The first-order valence-corrected chi connectivity index (χ1v) is 6.81. The summed E-state index contributed by atoms with van der Waals surface area (Å²) in [6.07, 6.45) is 1.29. The zero-order valence-corrected chi connectivity index (χ0v) is 12.7. The Hall–Kier alpha value is -2.99. The quantitative estimate of drug-likeness (QED) is 0.642. The third kappa shape index (κ3) is 3.56. The van der Waals surface area contributed by atoms with Crippen LogP contribution in [0.2, 0.25) is 0 Å². The van der Waals surface area contributed by atoms with Crippen molar-refractivity contribution >= 4 is 11.6 Å². The van der Waals surface area contributed by atoms with Crippen LogP contribution >= 0.6 is 0 Å². The molecule has 0 bridgehead atoms. The van der Waals surface area contributed by atoms with Gasteiger partial charge in [0.1, 0.15) is 5.75 Å². The van der Waals surface area contributed by atoms with Crippen LogP contribution in [0.25, 0.3) is 0 Å². The van der Waals surface area contributed by atoms with Gasteiger partial charge in [0.25, 0.3) is 0 Å². The number of hydrogen-bond acceptors (Lipinski definition) is 2. The minimum Gasteiger partial charge on any atom is -0.497 e. The maximum Gasteiger partial charge on any atom is 0.250 e. The maximum absolute atomic E-state index is 11.8. The molecular formula is C19H17NO2. The van der Waals surface area contributed by atoms with Gasteiger partial charge in [0.05, 0.1) is 12.8 Å². The molecule has 0 saturated carbocycles. The maximum atomic E-state index is 11.8. The van der Waals surface area contributed by atoms with Gasteiger partial charge < -0.3 is 9.64 Å². The minimum atomic E-state index is -0.168. The Morgan fingerprint density at radius 3 is 2.45 bits per heavy atom. The molecule has 0 aliphatic rings. The SMILES string of the molecule is C=CC(=O)N(C)c1ccccc1C#Cc1ccc(OC)cc1. The molecule has 3 nitrogen and oxygen atoms in total. The summed E-state index contributed by atoms with van der Waals surface area (Å²) in [5.41, 5.74) is 2.43. The van der Waals surface area contributed by atoms with Crippen LogP contribution in [-0.2, 0) is 4.79 Å². The molecular weight excluding hydrogens is 274 g/mol. The van der Waals surface area contributed by atoms with Crippen LogP contribution in [-0.4, -0.2) is 20.1 Å². The molecule has 22 heavy (non-hydrogen) atoms. The summed E-state index contributed by atoms with van der Waals surface area (Å²) in [6, 6.07) is 15.0. The molecule has 0 atom stereocenters. The van der Waals surface area contributed by atoms with Crippen LogP contribution in [0, 0.1) is 11.8 Å². The fourth-order valence-electron chi connectivity index (χ4n) is 1.94. The number of methoxy groups -OCH3 is 1. The molecule has 0 fully saturated rings.